The summed E-state index contributed by atoms with van der Waals surface area (Å²) in [6, 6.07) is 8.50. The highest BCUT2D eigenvalue weighted by Gasteiger charge is 2.24. The Balaban J connectivity index is 1.54. The van der Waals surface area contributed by atoms with Crippen molar-refractivity contribution in [2.24, 2.45) is 5.41 Å². The lowest BCUT2D eigenvalue weighted by atomic mass is 9.76. The van der Waals surface area contributed by atoms with E-state index in [1.54, 1.807) is 0 Å². The average Bonchev–Trinajstić information content (AvgIpc) is 3.31. The van der Waals surface area contributed by atoms with Gasteiger partial charge in [-0.3, -0.25) is 14.6 Å². The molecule has 0 unspecified atom stereocenters. The molecule has 0 spiro atoms. The smallest absolute Gasteiger partial charge is 0.202 e. The van der Waals surface area contributed by atoms with Crippen molar-refractivity contribution in [3.05, 3.63) is 58.7 Å². The number of piperazine rings is 1. The Hall–Kier alpha value is -2.79. The van der Waals surface area contributed by atoms with Crippen molar-refractivity contribution >= 4 is 11.4 Å². The van der Waals surface area contributed by atoms with Gasteiger partial charge in [-0.05, 0) is 53.0 Å². The number of aromatic nitrogens is 2. The Morgan fingerprint density at radius 1 is 1.24 bits per heavy atom. The normalized spacial score (nSPS) is 18.9. The van der Waals surface area contributed by atoms with Crippen LogP contribution in [0.3, 0.4) is 0 Å². The third kappa shape index (κ3) is 6.01. The summed E-state index contributed by atoms with van der Waals surface area (Å²) in [6.45, 7) is 10.4. The molecule has 7 nitrogen and oxygen atoms in total. The zero-order valence-electron chi connectivity index (χ0n) is 20.3. The number of hydrogen-bond donors (Lipinski definition) is 2. The number of hydrogen-bond acceptors (Lipinski definition) is 6. The standard InChI is InChI=1S/C27H35N5O2/c1-27(2)7-5-21(6-8-27)24-15-20(19-32-11-9-31(10-12-32)13-14-33)3-4-22(24)16-25(34)26-29-18-23(17-28)30-26/h3-5,15,18,33H,6-14,16,19H2,1-2H3,(H,29,30). The van der Waals surface area contributed by atoms with Crippen LogP contribution in [0.2, 0.25) is 0 Å². The number of aliphatic hydroxyl groups is 1. The Kier molecular flexibility index (Phi) is 7.62. The second-order valence-electron chi connectivity index (χ2n) is 10.3. The van der Waals surface area contributed by atoms with E-state index in [9.17, 15) is 9.90 Å². The Bertz CT molecular complexity index is 1090. The SMILES string of the molecule is CC1(C)CC=C(c2cc(CN3CCN(CCO)CC3)ccc2CC(=O)c2ncc(C#N)[nH]2)CC1. The molecule has 2 aliphatic rings. The predicted molar refractivity (Wildman–Crippen MR) is 132 cm³/mol. The van der Waals surface area contributed by atoms with Crippen LogP contribution < -0.4 is 0 Å². The molecular formula is C27H35N5O2. The number of rotatable bonds is 8. The Morgan fingerprint density at radius 2 is 2.00 bits per heavy atom. The number of benzene rings is 1. The molecule has 0 atom stereocenters. The van der Waals surface area contributed by atoms with Crippen molar-refractivity contribution in [1.82, 2.24) is 19.8 Å². The summed E-state index contributed by atoms with van der Waals surface area (Å²) in [5.41, 5.74) is 5.39. The van der Waals surface area contributed by atoms with E-state index in [2.05, 4.69) is 57.9 Å². The lowest BCUT2D eigenvalue weighted by Gasteiger charge is -2.34. The molecule has 0 radical (unpaired) electrons. The first-order valence-corrected chi connectivity index (χ1v) is 12.2. The first-order chi connectivity index (χ1) is 16.4. The van der Waals surface area contributed by atoms with Crippen LogP contribution in [0.4, 0.5) is 0 Å². The minimum Gasteiger partial charge on any atom is -0.395 e. The van der Waals surface area contributed by atoms with E-state index in [4.69, 9.17) is 5.26 Å². The van der Waals surface area contributed by atoms with Crippen molar-refractivity contribution in [3.8, 4) is 6.07 Å². The largest absolute Gasteiger partial charge is 0.395 e. The van der Waals surface area contributed by atoms with Crippen molar-refractivity contribution in [2.75, 3.05) is 39.3 Å². The fourth-order valence-electron chi connectivity index (χ4n) is 4.84. The number of nitrogens with zero attached hydrogens (tertiary/aromatic N) is 4. The first-order valence-electron chi connectivity index (χ1n) is 12.2. The molecule has 180 valence electrons. The van der Waals surface area contributed by atoms with Crippen LogP contribution in [0.1, 0.15) is 66.1 Å². The maximum atomic E-state index is 12.9. The minimum atomic E-state index is -0.104. The molecular weight excluding hydrogens is 426 g/mol. The summed E-state index contributed by atoms with van der Waals surface area (Å²) < 4.78 is 0. The average molecular weight is 462 g/mol. The highest BCUT2D eigenvalue weighted by Crippen LogP contribution is 2.39. The van der Waals surface area contributed by atoms with Crippen molar-refractivity contribution in [2.45, 2.75) is 46.1 Å². The summed E-state index contributed by atoms with van der Waals surface area (Å²) >= 11 is 0. The van der Waals surface area contributed by atoms with Gasteiger partial charge in [-0.15, -0.1) is 0 Å². The van der Waals surface area contributed by atoms with Crippen LogP contribution in [0.15, 0.2) is 30.5 Å². The van der Waals surface area contributed by atoms with Crippen molar-refractivity contribution < 1.29 is 9.90 Å². The van der Waals surface area contributed by atoms with Crippen molar-refractivity contribution in [1.29, 1.82) is 5.26 Å². The maximum Gasteiger partial charge on any atom is 0.202 e. The molecule has 1 aromatic carbocycles. The molecule has 1 fully saturated rings. The number of carbonyl (C=O) groups excluding carboxylic acids is 1. The number of nitrogens with one attached hydrogen (secondary N) is 1. The molecule has 2 aromatic rings. The van der Waals surface area contributed by atoms with Crippen LogP contribution in [0.25, 0.3) is 5.57 Å². The molecule has 0 saturated carbocycles. The van der Waals surface area contributed by atoms with Gasteiger partial charge in [-0.2, -0.15) is 5.26 Å². The van der Waals surface area contributed by atoms with Gasteiger partial charge in [-0.1, -0.05) is 32.1 Å². The monoisotopic (exact) mass is 461 g/mol. The third-order valence-corrected chi connectivity index (χ3v) is 7.09. The third-order valence-electron chi connectivity index (χ3n) is 7.09. The molecule has 0 bridgehead atoms. The van der Waals surface area contributed by atoms with E-state index in [1.807, 2.05) is 6.07 Å². The van der Waals surface area contributed by atoms with Gasteiger partial charge in [0, 0.05) is 45.7 Å². The zero-order valence-corrected chi connectivity index (χ0v) is 20.3. The fraction of sp³-hybridized carbons (Fsp3) is 0.519. The summed E-state index contributed by atoms with van der Waals surface area (Å²) in [5, 5.41) is 18.2. The molecule has 1 saturated heterocycles. The second-order valence-corrected chi connectivity index (χ2v) is 10.3. The second kappa shape index (κ2) is 10.6. The van der Waals surface area contributed by atoms with E-state index in [-0.39, 0.29) is 24.6 Å². The summed E-state index contributed by atoms with van der Waals surface area (Å²) in [4.78, 5) is 24.6. The molecule has 34 heavy (non-hydrogen) atoms. The number of Topliss-reactive ketones (excluding diaryl/α,β-unsaturated/α-hetero) is 1. The highest BCUT2D eigenvalue weighted by molar-refractivity contribution is 5.95. The molecule has 2 heterocycles. The molecule has 1 aliphatic carbocycles. The minimum absolute atomic E-state index is 0.104. The molecule has 7 heteroatoms. The Morgan fingerprint density at radius 3 is 2.65 bits per heavy atom. The van der Waals surface area contributed by atoms with E-state index in [0.717, 1.165) is 64.1 Å². The van der Waals surface area contributed by atoms with E-state index in [0.29, 0.717) is 11.1 Å². The summed E-state index contributed by atoms with van der Waals surface area (Å²) in [6.07, 6.45) is 7.20. The highest BCUT2D eigenvalue weighted by atomic mass is 16.3. The quantitative estimate of drug-likeness (QED) is 0.585. The van der Waals surface area contributed by atoms with Gasteiger partial charge in [0.15, 0.2) is 5.82 Å². The van der Waals surface area contributed by atoms with Crippen LogP contribution in [0.5, 0.6) is 0 Å². The van der Waals surface area contributed by atoms with Gasteiger partial charge in [-0.25, -0.2) is 4.98 Å². The van der Waals surface area contributed by atoms with Gasteiger partial charge in [0.05, 0.1) is 12.8 Å². The van der Waals surface area contributed by atoms with Gasteiger partial charge in [0.1, 0.15) is 11.8 Å². The van der Waals surface area contributed by atoms with Gasteiger partial charge in [0.25, 0.3) is 0 Å². The Labute approximate surface area is 202 Å². The number of ketones is 1. The van der Waals surface area contributed by atoms with Crippen LogP contribution in [0, 0.1) is 16.7 Å². The van der Waals surface area contributed by atoms with Crippen LogP contribution in [-0.4, -0.2) is 70.0 Å². The van der Waals surface area contributed by atoms with Crippen LogP contribution >= 0.6 is 0 Å². The number of imidazole rings is 1. The van der Waals surface area contributed by atoms with Gasteiger partial charge < -0.3 is 10.1 Å². The molecule has 2 N–H and O–H groups in total. The predicted octanol–water partition coefficient (Wildman–Crippen LogP) is 3.41. The molecule has 4 rings (SSSR count). The number of aromatic amines is 1. The number of allylic oxidation sites excluding steroid dienone is 2. The zero-order chi connectivity index (χ0) is 24.1. The van der Waals surface area contributed by atoms with E-state index in [1.165, 1.54) is 22.9 Å². The number of carbonyl (C=O) groups is 1. The number of H-pyrrole nitrogens is 1. The van der Waals surface area contributed by atoms with Gasteiger partial charge >= 0.3 is 0 Å². The number of aliphatic hydroxyl groups excluding tert-OH is 1. The summed E-state index contributed by atoms with van der Waals surface area (Å²) in [5.74, 6) is 0.137. The van der Waals surface area contributed by atoms with Crippen LogP contribution in [-0.2, 0) is 13.0 Å². The molecule has 1 aliphatic heterocycles. The lowest BCUT2D eigenvalue weighted by molar-refractivity contribution is 0.0984. The molecule has 1 aromatic heterocycles. The maximum absolute atomic E-state index is 12.9. The lowest BCUT2D eigenvalue weighted by Crippen LogP contribution is -2.46. The number of nitriles is 1. The fourth-order valence-corrected chi connectivity index (χ4v) is 4.84. The summed E-state index contributed by atoms with van der Waals surface area (Å²) in [7, 11) is 0. The van der Waals surface area contributed by atoms with E-state index < -0.39 is 0 Å². The van der Waals surface area contributed by atoms with Crippen molar-refractivity contribution in [3.63, 3.8) is 0 Å². The van der Waals surface area contributed by atoms with E-state index >= 15 is 0 Å². The topological polar surface area (TPSA) is 96.2 Å². The first kappa shape index (κ1) is 24.3. The molecule has 0 amide bonds. The van der Waals surface area contributed by atoms with Gasteiger partial charge in [0.2, 0.25) is 5.78 Å². The number of β-amino-alcohol motifs (C(OH)–C–C–N with tert-alkyl or cyclic N) is 1.